The molecule has 0 saturated carbocycles. The van der Waals surface area contributed by atoms with E-state index in [9.17, 15) is 4.79 Å². The quantitative estimate of drug-likeness (QED) is 0.181. The van der Waals surface area contributed by atoms with Crippen LogP contribution in [0.1, 0.15) is 52.0 Å². The van der Waals surface area contributed by atoms with E-state index >= 15 is 4.21 Å². The summed E-state index contributed by atoms with van der Waals surface area (Å²) >= 11 is 6.87. The summed E-state index contributed by atoms with van der Waals surface area (Å²) in [6, 6.07) is 19.8. The first-order valence-corrected chi connectivity index (χ1v) is 17.0. The van der Waals surface area contributed by atoms with Gasteiger partial charge in [-0.2, -0.15) is 0 Å². The smallest absolute Gasteiger partial charge is 0.356 e. The highest BCUT2D eigenvalue weighted by molar-refractivity contribution is 7.92. The number of rotatable bonds is 10. The number of ether oxygens (including phenoxy) is 1. The maximum atomic E-state index is 15.5. The van der Waals surface area contributed by atoms with Gasteiger partial charge in [0, 0.05) is 19.3 Å². The van der Waals surface area contributed by atoms with E-state index in [0.29, 0.717) is 0 Å². The molecule has 0 bridgehead atoms. The Morgan fingerprint density at radius 3 is 2.05 bits per heavy atom. The van der Waals surface area contributed by atoms with Crippen LogP contribution in [0.15, 0.2) is 88.4 Å². The van der Waals surface area contributed by atoms with E-state index in [0.717, 1.165) is 10.4 Å². The highest BCUT2D eigenvalue weighted by Gasteiger charge is 2.51. The fourth-order valence-electron chi connectivity index (χ4n) is 4.80. The van der Waals surface area contributed by atoms with E-state index < -0.39 is 29.2 Å². The Hall–Kier alpha value is -2.65. The van der Waals surface area contributed by atoms with Gasteiger partial charge >= 0.3 is 5.97 Å². The summed E-state index contributed by atoms with van der Waals surface area (Å²) in [6.45, 7) is 16.4. The first-order chi connectivity index (χ1) is 18.3. The molecule has 1 aromatic heterocycles. The molecule has 39 heavy (non-hydrogen) atoms. The minimum atomic E-state index is -3.44. The zero-order chi connectivity index (χ0) is 29.0. The number of benzene rings is 2. The number of nitrogens with zero attached hydrogens (tertiary/aromatic N) is 2. The molecule has 3 aromatic rings. The van der Waals surface area contributed by atoms with E-state index in [-0.39, 0.29) is 34.2 Å². The second kappa shape index (κ2) is 12.2. The van der Waals surface area contributed by atoms with Gasteiger partial charge in [0.05, 0.1) is 16.5 Å². The fourth-order valence-corrected chi connectivity index (χ4v) is 14.4. The van der Waals surface area contributed by atoms with Gasteiger partial charge in [-0.05, 0) is 28.3 Å². The van der Waals surface area contributed by atoms with Crippen LogP contribution < -0.4 is 15.1 Å². The SMILES string of the molecule is C=CC(NS(=O)(=N[Si](c1ccccc1)(c1ccccc1)C(C)(C)C)c1cn(C)c(C(=O)OCC)c1Cl)C(C)C. The number of aryl methyl sites for hydroxylation is 1. The average molecular weight is 586 g/mol. The highest BCUT2D eigenvalue weighted by atomic mass is 35.5. The van der Waals surface area contributed by atoms with Crippen LogP contribution in [0.4, 0.5) is 0 Å². The molecule has 0 radical (unpaired) electrons. The molecule has 2 unspecified atom stereocenters. The zero-order valence-corrected chi connectivity index (χ0v) is 26.5. The molecule has 0 aliphatic carbocycles. The van der Waals surface area contributed by atoms with Crippen LogP contribution in [0.2, 0.25) is 10.1 Å². The van der Waals surface area contributed by atoms with Crippen molar-refractivity contribution in [3.63, 3.8) is 0 Å². The average Bonchev–Trinajstić information content (AvgIpc) is 3.20. The predicted octanol–water partition coefficient (Wildman–Crippen LogP) is 5.96. The van der Waals surface area contributed by atoms with E-state index in [2.05, 4.69) is 56.3 Å². The lowest BCUT2D eigenvalue weighted by Gasteiger charge is -2.41. The van der Waals surface area contributed by atoms with Crippen molar-refractivity contribution in [2.45, 2.75) is 57.5 Å². The lowest BCUT2D eigenvalue weighted by atomic mass is 10.1. The van der Waals surface area contributed by atoms with Gasteiger partial charge in [0.1, 0.15) is 15.6 Å². The maximum Gasteiger partial charge on any atom is 0.356 e. The molecular weight excluding hydrogens is 546 g/mol. The maximum absolute atomic E-state index is 15.5. The summed E-state index contributed by atoms with van der Waals surface area (Å²) in [5, 5.41) is 1.72. The van der Waals surface area contributed by atoms with Crippen LogP contribution in [0.3, 0.4) is 0 Å². The molecule has 9 heteroatoms. The fraction of sp³-hybridized carbons (Fsp3) is 0.367. The van der Waals surface area contributed by atoms with Crippen LogP contribution in [-0.2, 0) is 21.7 Å². The predicted molar refractivity (Wildman–Crippen MR) is 165 cm³/mol. The third kappa shape index (κ3) is 6.09. The molecular formula is C30H40ClN3O3SSi. The van der Waals surface area contributed by atoms with Gasteiger partial charge in [-0.3, -0.25) is 0 Å². The normalized spacial score (nSPS) is 14.5. The van der Waals surface area contributed by atoms with Gasteiger partial charge in [0.25, 0.3) is 8.24 Å². The van der Waals surface area contributed by atoms with Gasteiger partial charge in [-0.15, -0.1) is 6.58 Å². The van der Waals surface area contributed by atoms with Gasteiger partial charge in [0.15, 0.2) is 0 Å². The summed E-state index contributed by atoms with van der Waals surface area (Å²) in [5.74, 6) is -0.503. The summed E-state index contributed by atoms with van der Waals surface area (Å²) in [4.78, 5) is 13.1. The van der Waals surface area contributed by atoms with Crippen LogP contribution in [0.5, 0.6) is 0 Å². The highest BCUT2D eigenvalue weighted by Crippen LogP contribution is 2.39. The van der Waals surface area contributed by atoms with Crippen molar-refractivity contribution in [3.8, 4) is 0 Å². The minimum Gasteiger partial charge on any atom is -0.461 e. The van der Waals surface area contributed by atoms with Gasteiger partial charge < -0.3 is 9.30 Å². The second-order valence-corrected chi connectivity index (χ2v) is 17.8. The Morgan fingerprint density at radius 2 is 1.64 bits per heavy atom. The Kier molecular flexibility index (Phi) is 9.70. The number of halogens is 1. The van der Waals surface area contributed by atoms with Crippen molar-refractivity contribution in [2.75, 3.05) is 6.61 Å². The molecule has 0 saturated heterocycles. The van der Waals surface area contributed by atoms with Crippen molar-refractivity contribution in [3.05, 3.63) is 90.2 Å². The van der Waals surface area contributed by atoms with Crippen LogP contribution >= 0.6 is 11.6 Å². The number of carbonyl (C=O) groups excluding carboxylic acids is 1. The third-order valence-electron chi connectivity index (χ3n) is 6.86. The summed E-state index contributed by atoms with van der Waals surface area (Å²) < 4.78 is 31.1. The molecule has 0 fully saturated rings. The molecule has 210 valence electrons. The minimum absolute atomic E-state index is 0.0710. The van der Waals surface area contributed by atoms with Crippen molar-refractivity contribution in [1.82, 2.24) is 9.29 Å². The van der Waals surface area contributed by atoms with Crippen molar-refractivity contribution in [2.24, 2.45) is 17.0 Å². The van der Waals surface area contributed by atoms with Gasteiger partial charge in [-0.25, -0.2) is 17.8 Å². The molecule has 0 aliphatic rings. The largest absolute Gasteiger partial charge is 0.461 e. The van der Waals surface area contributed by atoms with E-state index in [4.69, 9.17) is 20.4 Å². The molecule has 2 aromatic carbocycles. The molecule has 2 atom stereocenters. The number of aromatic nitrogens is 1. The van der Waals surface area contributed by atoms with Crippen LogP contribution in [0, 0.1) is 5.92 Å². The standard InChI is InChI=1S/C30H40ClN3O3SSi/c1-9-25(22(3)4)32-38(36,26-21-34(8)28(27(26)31)29(35)37-10-2)33-39(30(5,6)7,23-17-13-11-14-18-23)24-19-15-12-16-20-24/h9,11-22,25H,1,10H2,2-8H3,(H,32,33,36). The monoisotopic (exact) mass is 585 g/mol. The second-order valence-electron chi connectivity index (χ2n) is 10.9. The summed E-state index contributed by atoms with van der Waals surface area (Å²) in [7, 11) is -4.93. The summed E-state index contributed by atoms with van der Waals surface area (Å²) in [6.07, 6.45) is 3.38. The molecule has 0 aliphatic heterocycles. The Bertz CT molecular complexity index is 1380. The van der Waals surface area contributed by atoms with Gasteiger partial charge in [0.2, 0.25) is 0 Å². The topological polar surface area (TPSA) is 72.7 Å². The number of esters is 1. The first kappa shape index (κ1) is 30.9. The zero-order valence-electron chi connectivity index (χ0n) is 23.9. The lowest BCUT2D eigenvalue weighted by molar-refractivity contribution is 0.0515. The van der Waals surface area contributed by atoms with Crippen LogP contribution in [0.25, 0.3) is 0 Å². The van der Waals surface area contributed by atoms with E-state index in [1.807, 2.05) is 50.2 Å². The van der Waals surface area contributed by atoms with Crippen molar-refractivity contribution in [1.29, 1.82) is 0 Å². The number of hydrogen-bond donors (Lipinski definition) is 1. The molecule has 0 spiro atoms. The van der Waals surface area contributed by atoms with Crippen molar-refractivity contribution < 1.29 is 13.7 Å². The van der Waals surface area contributed by atoms with E-state index in [1.165, 1.54) is 0 Å². The van der Waals surface area contributed by atoms with E-state index in [1.54, 1.807) is 30.8 Å². The molecule has 1 heterocycles. The van der Waals surface area contributed by atoms with Gasteiger partial charge in [-0.1, -0.05) is 113 Å². The summed E-state index contributed by atoms with van der Waals surface area (Å²) in [5.41, 5.74) is 0.139. The Labute approximate surface area is 239 Å². The number of hydrogen-bond acceptors (Lipinski definition) is 4. The molecule has 0 amide bonds. The number of carbonyl (C=O) groups is 1. The van der Waals surface area contributed by atoms with Crippen LogP contribution in [-0.4, -0.2) is 35.6 Å². The Balaban J connectivity index is 2.53. The molecule has 1 N–H and O–H groups in total. The Morgan fingerprint density at radius 1 is 1.13 bits per heavy atom. The lowest BCUT2D eigenvalue weighted by Crippen LogP contribution is -2.64. The third-order valence-corrected chi connectivity index (χ3v) is 15.5. The first-order valence-electron chi connectivity index (χ1n) is 13.1. The molecule has 3 rings (SSSR count). The molecule has 6 nitrogen and oxygen atoms in total. The number of nitrogens with one attached hydrogen (secondary N) is 1. The van der Waals surface area contributed by atoms with Crippen molar-refractivity contribution >= 4 is 46.1 Å².